The summed E-state index contributed by atoms with van der Waals surface area (Å²) in [5.74, 6) is -0.856. The summed E-state index contributed by atoms with van der Waals surface area (Å²) in [7, 11) is 0. The van der Waals surface area contributed by atoms with Gasteiger partial charge in [0.05, 0.1) is 0 Å². The van der Waals surface area contributed by atoms with Crippen molar-refractivity contribution in [1.29, 1.82) is 0 Å². The zero-order valence-electron chi connectivity index (χ0n) is 4.09. The molecule has 2 nitrogen and oxygen atoms in total. The molecule has 0 atom stereocenters. The van der Waals surface area contributed by atoms with Crippen molar-refractivity contribution in [2.75, 3.05) is 0 Å². The molecule has 0 bridgehead atoms. The second kappa shape index (κ2) is 9.35. The van der Waals surface area contributed by atoms with Crippen LogP contribution in [-0.2, 0) is 21.3 Å². The summed E-state index contributed by atoms with van der Waals surface area (Å²) in [5, 5.41) is 7.66. The molecule has 0 fully saturated rings. The van der Waals surface area contributed by atoms with E-state index in [-0.39, 0.29) is 30.3 Å². The third-order valence-corrected chi connectivity index (χ3v) is 0.214. The first kappa shape index (κ1) is 15.8. The molecule has 0 rings (SSSR count). The standard InChI is InChI=1S/C3H5O2.CH3.Ni/c1-2-3(4)5;;/h1-2H2,(H,4,5);1H3;/q2*-1;+2. The molecular formula is C4H8NiO2. The molecule has 0 aliphatic rings. The van der Waals surface area contributed by atoms with E-state index < -0.39 is 5.97 Å². The van der Waals surface area contributed by atoms with Gasteiger partial charge in [-0.3, -0.25) is 4.79 Å². The van der Waals surface area contributed by atoms with Gasteiger partial charge in [0.2, 0.25) is 0 Å². The van der Waals surface area contributed by atoms with Gasteiger partial charge in [0.25, 0.3) is 5.97 Å². The van der Waals surface area contributed by atoms with Crippen molar-refractivity contribution < 1.29 is 26.4 Å². The molecular weight excluding hydrogens is 139 g/mol. The molecule has 0 saturated heterocycles. The van der Waals surface area contributed by atoms with Crippen LogP contribution in [0.25, 0.3) is 0 Å². The maximum atomic E-state index is 9.31. The van der Waals surface area contributed by atoms with Crippen LogP contribution in [0.5, 0.6) is 0 Å². The molecule has 0 aromatic carbocycles. The van der Waals surface area contributed by atoms with Crippen LogP contribution in [0.15, 0.2) is 0 Å². The van der Waals surface area contributed by atoms with Crippen molar-refractivity contribution in [3.8, 4) is 0 Å². The van der Waals surface area contributed by atoms with Gasteiger partial charge in [0, 0.05) is 0 Å². The van der Waals surface area contributed by atoms with Crippen molar-refractivity contribution >= 4 is 5.97 Å². The number of hydrogen-bond donors (Lipinski definition) is 1. The topological polar surface area (TPSA) is 37.3 Å². The molecule has 0 radical (unpaired) electrons. The van der Waals surface area contributed by atoms with Crippen LogP contribution in [0, 0.1) is 14.4 Å². The molecule has 0 aromatic heterocycles. The maximum Gasteiger partial charge on any atom is 2.00 e. The number of hydrogen-bond acceptors (Lipinski definition) is 1. The monoisotopic (exact) mass is 146 g/mol. The Bertz CT molecular complexity index is 45.0. The fourth-order valence-electron chi connectivity index (χ4n) is 0. The Labute approximate surface area is 53.8 Å². The Balaban J connectivity index is -0.0000000800. The van der Waals surface area contributed by atoms with Crippen LogP contribution in [0.2, 0.25) is 0 Å². The summed E-state index contributed by atoms with van der Waals surface area (Å²) in [6.07, 6.45) is -0.0278. The second-order valence-electron chi connectivity index (χ2n) is 0.644. The average molecular weight is 147 g/mol. The van der Waals surface area contributed by atoms with Crippen molar-refractivity contribution in [3.05, 3.63) is 14.4 Å². The quantitative estimate of drug-likeness (QED) is 0.438. The van der Waals surface area contributed by atoms with Gasteiger partial charge >= 0.3 is 16.5 Å². The first-order valence-electron chi connectivity index (χ1n) is 1.28. The maximum absolute atomic E-state index is 9.31. The van der Waals surface area contributed by atoms with Gasteiger partial charge in [-0.1, -0.05) is 6.42 Å². The van der Waals surface area contributed by atoms with E-state index in [1.165, 1.54) is 0 Å². The number of carboxylic acids is 1. The third kappa shape index (κ3) is 24.3. The fourth-order valence-corrected chi connectivity index (χ4v) is 0. The Morgan fingerprint density at radius 1 is 1.71 bits per heavy atom. The first-order chi connectivity index (χ1) is 2.27. The van der Waals surface area contributed by atoms with Crippen molar-refractivity contribution in [1.82, 2.24) is 0 Å². The van der Waals surface area contributed by atoms with E-state index in [4.69, 9.17) is 5.11 Å². The minimum absolute atomic E-state index is 0. The van der Waals surface area contributed by atoms with Crippen molar-refractivity contribution in [2.45, 2.75) is 6.42 Å². The van der Waals surface area contributed by atoms with Gasteiger partial charge in [-0.2, -0.15) is 0 Å². The Hall–Kier alpha value is -0.0365. The predicted octanol–water partition coefficient (Wildman–Crippen LogP) is 0.743. The average Bonchev–Trinajstić information content (AvgIpc) is 1.38. The zero-order chi connectivity index (χ0) is 4.28. The molecule has 0 spiro atoms. The largest absolute Gasteiger partial charge is 2.00 e. The van der Waals surface area contributed by atoms with Gasteiger partial charge in [-0.15, -0.1) is 0 Å². The minimum Gasteiger partial charge on any atom is -0.483 e. The van der Waals surface area contributed by atoms with E-state index >= 15 is 0 Å². The summed E-state index contributed by atoms with van der Waals surface area (Å²) in [4.78, 5) is 9.31. The summed E-state index contributed by atoms with van der Waals surface area (Å²) in [5.41, 5.74) is 0. The molecule has 0 amide bonds. The van der Waals surface area contributed by atoms with Gasteiger partial charge < -0.3 is 19.5 Å². The van der Waals surface area contributed by atoms with Gasteiger partial charge in [0.15, 0.2) is 0 Å². The number of aliphatic carboxylic acids is 1. The molecule has 0 aromatic rings. The van der Waals surface area contributed by atoms with E-state index in [1.807, 2.05) is 0 Å². The number of rotatable bonds is 1. The van der Waals surface area contributed by atoms with Crippen molar-refractivity contribution in [3.63, 3.8) is 0 Å². The molecule has 7 heavy (non-hydrogen) atoms. The Kier molecular flexibility index (Phi) is 21.1. The summed E-state index contributed by atoms with van der Waals surface area (Å²) in [6.45, 7) is 3.09. The SMILES string of the molecule is [CH2-]CC(=O)O.[CH3-].[Ni+2]. The number of carbonyl (C=O) groups is 1. The molecule has 0 aliphatic carbocycles. The predicted molar refractivity (Wildman–Crippen MR) is 24.0 cm³/mol. The first-order valence-corrected chi connectivity index (χ1v) is 1.28. The van der Waals surface area contributed by atoms with Crippen LogP contribution in [-0.4, -0.2) is 11.1 Å². The molecule has 3 heteroatoms. The Morgan fingerprint density at radius 3 is 1.86 bits per heavy atom. The second-order valence-corrected chi connectivity index (χ2v) is 0.644. The molecule has 46 valence electrons. The summed E-state index contributed by atoms with van der Waals surface area (Å²) < 4.78 is 0. The Morgan fingerprint density at radius 2 is 1.86 bits per heavy atom. The summed E-state index contributed by atoms with van der Waals surface area (Å²) >= 11 is 0. The van der Waals surface area contributed by atoms with E-state index in [0.29, 0.717) is 0 Å². The van der Waals surface area contributed by atoms with Crippen molar-refractivity contribution in [2.24, 2.45) is 0 Å². The molecule has 0 unspecified atom stereocenters. The fraction of sp³-hybridized carbons (Fsp3) is 0.250. The normalized spacial score (nSPS) is 5.29. The van der Waals surface area contributed by atoms with E-state index in [0.717, 1.165) is 0 Å². The van der Waals surface area contributed by atoms with Crippen LogP contribution >= 0.6 is 0 Å². The third-order valence-electron chi connectivity index (χ3n) is 0.214. The smallest absolute Gasteiger partial charge is 0.483 e. The van der Waals surface area contributed by atoms with Gasteiger partial charge in [-0.05, 0) is 0 Å². The number of carboxylic acid groups (broad SMARTS) is 1. The van der Waals surface area contributed by atoms with Gasteiger partial charge in [-0.25, -0.2) is 0 Å². The van der Waals surface area contributed by atoms with Crippen LogP contribution in [0.3, 0.4) is 0 Å². The van der Waals surface area contributed by atoms with E-state index in [9.17, 15) is 4.79 Å². The molecule has 0 saturated carbocycles. The van der Waals surface area contributed by atoms with Crippen LogP contribution in [0.1, 0.15) is 6.42 Å². The molecule has 0 heterocycles. The van der Waals surface area contributed by atoms with Crippen LogP contribution < -0.4 is 0 Å². The summed E-state index contributed by atoms with van der Waals surface area (Å²) in [6, 6.07) is 0. The minimum atomic E-state index is -0.856. The molecule has 0 aliphatic heterocycles. The molecule has 1 N–H and O–H groups in total. The van der Waals surface area contributed by atoms with E-state index in [1.54, 1.807) is 0 Å². The van der Waals surface area contributed by atoms with Crippen LogP contribution in [0.4, 0.5) is 0 Å². The van der Waals surface area contributed by atoms with E-state index in [2.05, 4.69) is 6.92 Å². The zero-order valence-corrected chi connectivity index (χ0v) is 5.07. The van der Waals surface area contributed by atoms with Gasteiger partial charge in [0.1, 0.15) is 0 Å².